The smallest absolute Gasteiger partial charge is 0.411 e. The van der Waals surface area contributed by atoms with Crippen molar-refractivity contribution in [1.29, 1.82) is 0 Å². The standard InChI is InChI=1S/C20H37NO4/c1-14(2)21(17(24)25-19(6,7)8)20(16(22)23)12-9-10-15(11-13-20)18(3,4)5/h14-15H,9-13H2,1-8H3,(H,22,23). The molecule has 1 aliphatic rings. The monoisotopic (exact) mass is 355 g/mol. The van der Waals surface area contributed by atoms with Gasteiger partial charge in [0, 0.05) is 6.04 Å². The first-order valence-corrected chi connectivity index (χ1v) is 9.46. The quantitative estimate of drug-likeness (QED) is 0.717. The van der Waals surface area contributed by atoms with Gasteiger partial charge in [-0.25, -0.2) is 9.59 Å². The fourth-order valence-corrected chi connectivity index (χ4v) is 3.94. The van der Waals surface area contributed by atoms with Gasteiger partial charge in [-0.3, -0.25) is 4.90 Å². The van der Waals surface area contributed by atoms with Crippen molar-refractivity contribution >= 4 is 12.1 Å². The average molecular weight is 356 g/mol. The summed E-state index contributed by atoms with van der Waals surface area (Å²) in [7, 11) is 0. The molecular formula is C20H37NO4. The van der Waals surface area contributed by atoms with Crippen LogP contribution in [0.15, 0.2) is 0 Å². The minimum absolute atomic E-state index is 0.142. The number of nitrogens with zero attached hydrogens (tertiary/aromatic N) is 1. The Hall–Kier alpha value is -1.26. The lowest BCUT2D eigenvalue weighted by molar-refractivity contribution is -0.154. The summed E-state index contributed by atoms with van der Waals surface area (Å²) in [5.74, 6) is -0.456. The highest BCUT2D eigenvalue weighted by atomic mass is 16.6. The zero-order chi connectivity index (χ0) is 19.6. The Morgan fingerprint density at radius 3 is 2.04 bits per heavy atom. The third-order valence-electron chi connectivity index (χ3n) is 5.24. The number of carboxylic acids is 1. The third kappa shape index (κ3) is 5.35. The predicted octanol–water partition coefficient (Wildman–Crippen LogP) is 5.08. The zero-order valence-electron chi connectivity index (χ0n) is 17.3. The van der Waals surface area contributed by atoms with Crippen LogP contribution in [0.1, 0.15) is 87.5 Å². The lowest BCUT2D eigenvalue weighted by Gasteiger charge is -2.43. The van der Waals surface area contributed by atoms with Crippen LogP contribution < -0.4 is 0 Å². The van der Waals surface area contributed by atoms with Crippen molar-refractivity contribution in [3.8, 4) is 0 Å². The molecule has 1 aliphatic carbocycles. The van der Waals surface area contributed by atoms with E-state index in [-0.39, 0.29) is 11.5 Å². The van der Waals surface area contributed by atoms with Gasteiger partial charge >= 0.3 is 12.1 Å². The molecule has 0 aliphatic heterocycles. The molecule has 0 aromatic rings. The summed E-state index contributed by atoms with van der Waals surface area (Å²) in [5.41, 5.74) is -1.69. The number of hydrogen-bond acceptors (Lipinski definition) is 3. The molecule has 1 amide bonds. The molecule has 0 aromatic heterocycles. The number of ether oxygens (including phenoxy) is 1. The SMILES string of the molecule is CC(C)N(C(=O)OC(C)(C)C)C1(C(=O)O)CCCC(C(C)(C)C)CC1. The molecular weight excluding hydrogens is 318 g/mol. The van der Waals surface area contributed by atoms with Gasteiger partial charge in [-0.1, -0.05) is 27.2 Å². The van der Waals surface area contributed by atoms with Gasteiger partial charge in [0.05, 0.1) is 0 Å². The first kappa shape index (κ1) is 21.8. The Kier molecular flexibility index (Phi) is 6.57. The highest BCUT2D eigenvalue weighted by molar-refractivity contribution is 5.84. The topological polar surface area (TPSA) is 66.8 Å². The molecule has 25 heavy (non-hydrogen) atoms. The maximum absolute atomic E-state index is 12.8. The van der Waals surface area contributed by atoms with Crippen molar-refractivity contribution in [2.24, 2.45) is 11.3 Å². The number of carbonyl (C=O) groups is 2. The number of carbonyl (C=O) groups excluding carboxylic acids is 1. The highest BCUT2D eigenvalue weighted by Gasteiger charge is 2.50. The summed E-state index contributed by atoms with van der Waals surface area (Å²) in [6.45, 7) is 15.8. The van der Waals surface area contributed by atoms with Crippen molar-refractivity contribution in [3.05, 3.63) is 0 Å². The first-order valence-electron chi connectivity index (χ1n) is 9.46. The lowest BCUT2D eigenvalue weighted by atomic mass is 9.76. The second kappa shape index (κ2) is 7.55. The Labute approximate surface area is 153 Å². The third-order valence-corrected chi connectivity index (χ3v) is 5.24. The minimum atomic E-state index is -1.18. The second-order valence-corrected chi connectivity index (χ2v) is 9.77. The van der Waals surface area contributed by atoms with Crippen LogP contribution in [0, 0.1) is 11.3 Å². The molecule has 5 nitrogen and oxygen atoms in total. The van der Waals surface area contributed by atoms with Gasteiger partial charge in [-0.2, -0.15) is 0 Å². The van der Waals surface area contributed by atoms with E-state index in [0.717, 1.165) is 19.3 Å². The minimum Gasteiger partial charge on any atom is -0.479 e. The van der Waals surface area contributed by atoms with Crippen molar-refractivity contribution in [1.82, 2.24) is 4.90 Å². The Bertz CT molecular complexity index is 487. The number of rotatable bonds is 3. The maximum atomic E-state index is 12.8. The van der Waals surface area contributed by atoms with Gasteiger partial charge in [0.15, 0.2) is 0 Å². The summed E-state index contributed by atoms with van der Waals surface area (Å²) in [6.07, 6.45) is 3.04. The van der Waals surface area contributed by atoms with Crippen LogP contribution >= 0.6 is 0 Å². The molecule has 2 unspecified atom stereocenters. The van der Waals surface area contributed by atoms with E-state index in [1.165, 1.54) is 4.90 Å². The van der Waals surface area contributed by atoms with Crippen LogP contribution in [0.3, 0.4) is 0 Å². The van der Waals surface area contributed by atoms with Crippen molar-refractivity contribution in [3.63, 3.8) is 0 Å². The van der Waals surface area contributed by atoms with E-state index in [1.54, 1.807) is 20.8 Å². The van der Waals surface area contributed by atoms with E-state index in [2.05, 4.69) is 20.8 Å². The highest BCUT2D eigenvalue weighted by Crippen LogP contribution is 2.43. The van der Waals surface area contributed by atoms with Crippen LogP contribution in [0.4, 0.5) is 4.79 Å². The van der Waals surface area contributed by atoms with Gasteiger partial charge in [-0.05, 0) is 71.6 Å². The molecule has 2 atom stereocenters. The van der Waals surface area contributed by atoms with Crippen LogP contribution in [-0.2, 0) is 9.53 Å². The first-order chi connectivity index (χ1) is 11.2. The van der Waals surface area contributed by atoms with Crippen LogP contribution in [-0.4, -0.2) is 39.3 Å². The molecule has 1 rings (SSSR count). The molecule has 0 saturated heterocycles. The Morgan fingerprint density at radius 2 is 1.64 bits per heavy atom. The van der Waals surface area contributed by atoms with Crippen molar-refractivity contribution < 1.29 is 19.4 Å². The molecule has 0 heterocycles. The van der Waals surface area contributed by atoms with E-state index in [0.29, 0.717) is 18.8 Å². The van der Waals surface area contributed by atoms with Crippen molar-refractivity contribution in [2.75, 3.05) is 0 Å². The molecule has 146 valence electrons. The van der Waals surface area contributed by atoms with Gasteiger partial charge in [-0.15, -0.1) is 0 Å². The summed E-state index contributed by atoms with van der Waals surface area (Å²) in [6, 6.07) is -0.239. The molecule has 0 radical (unpaired) electrons. The second-order valence-electron chi connectivity index (χ2n) is 9.77. The molecule has 0 aromatic carbocycles. The Morgan fingerprint density at radius 1 is 1.08 bits per heavy atom. The largest absolute Gasteiger partial charge is 0.479 e. The molecule has 0 spiro atoms. The normalized spacial score (nSPS) is 25.4. The van der Waals surface area contributed by atoms with Gasteiger partial charge in [0.2, 0.25) is 0 Å². The predicted molar refractivity (Wildman–Crippen MR) is 99.6 cm³/mol. The summed E-state index contributed by atoms with van der Waals surface area (Å²) in [4.78, 5) is 26.7. The van der Waals surface area contributed by atoms with E-state index in [1.807, 2.05) is 13.8 Å². The fraction of sp³-hybridized carbons (Fsp3) is 0.900. The van der Waals surface area contributed by atoms with Gasteiger partial charge < -0.3 is 9.84 Å². The molecule has 0 bridgehead atoms. The zero-order valence-corrected chi connectivity index (χ0v) is 17.3. The number of aliphatic carboxylic acids is 1. The van der Waals surface area contributed by atoms with Gasteiger partial charge in [0.1, 0.15) is 11.1 Å². The summed E-state index contributed by atoms with van der Waals surface area (Å²) >= 11 is 0. The number of amides is 1. The maximum Gasteiger partial charge on any atom is 0.411 e. The molecule has 1 saturated carbocycles. The summed E-state index contributed by atoms with van der Waals surface area (Å²) < 4.78 is 5.55. The van der Waals surface area contributed by atoms with E-state index >= 15 is 0 Å². The Balaban J connectivity index is 3.21. The average Bonchev–Trinajstić information content (AvgIpc) is 2.59. The van der Waals surface area contributed by atoms with E-state index < -0.39 is 23.2 Å². The number of carboxylic acid groups (broad SMARTS) is 1. The van der Waals surface area contributed by atoms with Crippen LogP contribution in [0.25, 0.3) is 0 Å². The van der Waals surface area contributed by atoms with Crippen LogP contribution in [0.5, 0.6) is 0 Å². The van der Waals surface area contributed by atoms with E-state index in [4.69, 9.17) is 4.74 Å². The fourth-order valence-electron chi connectivity index (χ4n) is 3.94. The molecule has 1 fully saturated rings. The summed E-state index contributed by atoms with van der Waals surface area (Å²) in [5, 5.41) is 10.1. The number of hydrogen-bond donors (Lipinski definition) is 1. The van der Waals surface area contributed by atoms with E-state index in [9.17, 15) is 14.7 Å². The molecule has 5 heteroatoms. The van der Waals surface area contributed by atoms with Crippen molar-refractivity contribution in [2.45, 2.75) is 105 Å². The van der Waals surface area contributed by atoms with Crippen LogP contribution in [0.2, 0.25) is 0 Å². The van der Waals surface area contributed by atoms with Gasteiger partial charge in [0.25, 0.3) is 0 Å². The lowest BCUT2D eigenvalue weighted by Crippen LogP contribution is -2.60. The molecule has 1 N–H and O–H groups in total.